The zero-order chi connectivity index (χ0) is 25.1. The number of hydrogen-bond donors (Lipinski definition) is 1. The smallest absolute Gasteiger partial charge is 0.214 e. The number of carbonyl (C=O) groups is 2. The molecule has 0 saturated heterocycles. The van der Waals surface area contributed by atoms with Crippen LogP contribution in [0.3, 0.4) is 0 Å². The number of nitrogens with zero attached hydrogens (tertiary/aromatic N) is 4. The summed E-state index contributed by atoms with van der Waals surface area (Å²) < 4.78 is 1.63. The zero-order valence-corrected chi connectivity index (χ0v) is 21.8. The minimum Gasteiger partial charge on any atom is -0.381 e. The first-order valence-electron chi connectivity index (χ1n) is 13.2. The number of hydrogen-bond acceptors (Lipinski definition) is 7. The highest BCUT2D eigenvalue weighted by Crippen LogP contribution is 2.67. The van der Waals surface area contributed by atoms with Gasteiger partial charge in [0, 0.05) is 11.8 Å². The van der Waals surface area contributed by atoms with Crippen molar-refractivity contribution in [2.45, 2.75) is 76.0 Å². The molecule has 1 aromatic carbocycles. The van der Waals surface area contributed by atoms with Crippen LogP contribution in [-0.2, 0) is 9.59 Å². The summed E-state index contributed by atoms with van der Waals surface area (Å²) in [5.74, 6) is 1.68. The fraction of sp³-hybridized carbons (Fsp3) is 0.607. The van der Waals surface area contributed by atoms with Gasteiger partial charge in [-0.3, -0.25) is 9.59 Å². The Morgan fingerprint density at radius 2 is 1.86 bits per heavy atom. The van der Waals surface area contributed by atoms with Gasteiger partial charge in [-0.25, -0.2) is 0 Å². The molecule has 0 radical (unpaired) electrons. The van der Waals surface area contributed by atoms with Crippen molar-refractivity contribution in [1.82, 2.24) is 20.2 Å². The van der Waals surface area contributed by atoms with Crippen molar-refractivity contribution in [1.29, 1.82) is 0 Å². The number of Topliss-reactive ketones (excluding diaryl/α,β-unsaturated/α-hetero) is 1. The van der Waals surface area contributed by atoms with Gasteiger partial charge in [0.05, 0.1) is 11.4 Å². The molecule has 5 unspecified atom stereocenters. The van der Waals surface area contributed by atoms with E-state index < -0.39 is 11.0 Å². The predicted octanol–water partition coefficient (Wildman–Crippen LogP) is 4.59. The normalized spacial score (nSPS) is 37.6. The maximum Gasteiger partial charge on any atom is 0.214 e. The van der Waals surface area contributed by atoms with Crippen molar-refractivity contribution in [3.05, 3.63) is 42.0 Å². The molecule has 3 saturated carbocycles. The third-order valence-corrected chi connectivity index (χ3v) is 11.3. The van der Waals surface area contributed by atoms with E-state index in [2.05, 4.69) is 29.4 Å². The lowest BCUT2D eigenvalue weighted by molar-refractivity contribution is -0.159. The molecule has 7 nitrogen and oxygen atoms in total. The van der Waals surface area contributed by atoms with Crippen LogP contribution in [0.2, 0.25) is 0 Å². The van der Waals surface area contributed by atoms with E-state index >= 15 is 0 Å². The highest BCUT2D eigenvalue weighted by Gasteiger charge is 2.66. The topological polar surface area (TPSA) is 98.0 Å². The van der Waals surface area contributed by atoms with Crippen molar-refractivity contribution >= 4 is 23.3 Å². The second kappa shape index (κ2) is 8.62. The number of rotatable bonds is 5. The lowest BCUT2D eigenvalue weighted by atomic mass is 9.46. The summed E-state index contributed by atoms with van der Waals surface area (Å²) in [4.78, 5) is 25.8. The summed E-state index contributed by atoms with van der Waals surface area (Å²) >= 11 is 1.30. The number of para-hydroxylation sites is 1. The minimum absolute atomic E-state index is 0.0905. The molecule has 3 fully saturated rings. The average molecular weight is 507 g/mol. The lowest BCUT2D eigenvalue weighted by Gasteiger charge is -2.58. The number of aromatic nitrogens is 4. The van der Waals surface area contributed by atoms with Gasteiger partial charge >= 0.3 is 0 Å². The van der Waals surface area contributed by atoms with Gasteiger partial charge in [-0.1, -0.05) is 49.4 Å². The number of ketones is 2. The van der Waals surface area contributed by atoms with E-state index in [1.54, 1.807) is 4.68 Å². The molecule has 36 heavy (non-hydrogen) atoms. The summed E-state index contributed by atoms with van der Waals surface area (Å²) in [6.45, 7) is 4.53. The van der Waals surface area contributed by atoms with Crippen molar-refractivity contribution < 1.29 is 14.7 Å². The summed E-state index contributed by atoms with van der Waals surface area (Å²) in [5.41, 5.74) is 0.540. The summed E-state index contributed by atoms with van der Waals surface area (Å²) in [5, 5.41) is 24.5. The molecule has 0 bridgehead atoms. The monoisotopic (exact) mass is 506 g/mol. The Morgan fingerprint density at radius 1 is 1.08 bits per heavy atom. The molecule has 8 heteroatoms. The van der Waals surface area contributed by atoms with Crippen molar-refractivity contribution in [2.75, 3.05) is 5.75 Å². The largest absolute Gasteiger partial charge is 0.381 e. The maximum atomic E-state index is 13.7. The van der Waals surface area contributed by atoms with Gasteiger partial charge in [-0.2, -0.15) is 4.68 Å². The lowest BCUT2D eigenvalue weighted by Crippen LogP contribution is -2.58. The third-order valence-electron chi connectivity index (χ3n) is 10.3. The second-order valence-corrected chi connectivity index (χ2v) is 12.7. The fourth-order valence-corrected chi connectivity index (χ4v) is 9.14. The molecule has 0 spiro atoms. The van der Waals surface area contributed by atoms with Crippen molar-refractivity contribution in [3.63, 3.8) is 0 Å². The first-order chi connectivity index (χ1) is 17.3. The van der Waals surface area contributed by atoms with Crippen LogP contribution >= 0.6 is 11.8 Å². The standard InChI is InChI=1S/C28H34N4O3S/c1-26-13-10-20(33)16-18(26)8-9-21-22(26)11-14-27(2)23(21)12-15-28(27,35)24(34)17-36-25-29-30-31-32(25)19-6-4-3-5-7-19/h3-7,16,21-23,35H,8-15,17H2,1-2H3/t21?,22?,23?,26?,27?,28-/m0/s1. The van der Waals surface area contributed by atoms with Crippen LogP contribution in [0, 0.1) is 28.6 Å². The predicted molar refractivity (Wildman–Crippen MR) is 137 cm³/mol. The molecule has 1 heterocycles. The molecule has 190 valence electrons. The van der Waals surface area contributed by atoms with Crippen LogP contribution < -0.4 is 0 Å². The Labute approximate surface area is 216 Å². The van der Waals surface area contributed by atoms with Crippen molar-refractivity contribution in [2.24, 2.45) is 28.6 Å². The molecule has 0 aliphatic heterocycles. The maximum absolute atomic E-state index is 13.7. The number of thioether (sulfide) groups is 1. The van der Waals surface area contributed by atoms with Crippen molar-refractivity contribution in [3.8, 4) is 5.69 Å². The first-order valence-corrected chi connectivity index (χ1v) is 14.2. The third kappa shape index (κ3) is 3.47. The van der Waals surface area contributed by atoms with Gasteiger partial charge < -0.3 is 5.11 Å². The van der Waals surface area contributed by atoms with E-state index in [4.69, 9.17) is 0 Å². The Morgan fingerprint density at radius 3 is 2.67 bits per heavy atom. The molecule has 0 amide bonds. The highest BCUT2D eigenvalue weighted by atomic mass is 32.2. The average Bonchev–Trinajstić information content (AvgIpc) is 3.46. The molecule has 4 aliphatic rings. The Kier molecular flexibility index (Phi) is 5.76. The molecule has 6 rings (SSSR count). The van der Waals surface area contributed by atoms with Gasteiger partial charge in [0.25, 0.3) is 0 Å². The molecule has 1 N–H and O–H groups in total. The van der Waals surface area contributed by atoms with E-state index in [0.29, 0.717) is 35.8 Å². The van der Waals surface area contributed by atoms with Crippen LogP contribution in [0.5, 0.6) is 0 Å². The van der Waals surface area contributed by atoms with Gasteiger partial charge in [0.15, 0.2) is 11.6 Å². The molecular weight excluding hydrogens is 472 g/mol. The number of aliphatic hydroxyl groups is 1. The van der Waals surface area contributed by atoms with Gasteiger partial charge in [-0.05, 0) is 96.7 Å². The quantitative estimate of drug-likeness (QED) is 0.593. The molecule has 6 atom stereocenters. The highest BCUT2D eigenvalue weighted by molar-refractivity contribution is 7.99. The van der Waals surface area contributed by atoms with E-state index in [1.165, 1.54) is 17.3 Å². The number of benzene rings is 1. The Hall–Kier alpha value is -2.32. The number of fused-ring (bicyclic) bond motifs is 5. The zero-order valence-electron chi connectivity index (χ0n) is 21.0. The van der Waals surface area contributed by atoms with E-state index in [9.17, 15) is 14.7 Å². The molecule has 2 aromatic rings. The van der Waals surface area contributed by atoms with E-state index in [1.807, 2.05) is 36.4 Å². The summed E-state index contributed by atoms with van der Waals surface area (Å²) in [6.07, 6.45) is 8.83. The van der Waals surface area contributed by atoms with Crippen LogP contribution in [0.25, 0.3) is 5.69 Å². The van der Waals surface area contributed by atoms with Crippen LogP contribution in [-0.4, -0.2) is 48.2 Å². The summed E-state index contributed by atoms with van der Waals surface area (Å²) in [6, 6.07) is 9.62. The number of carbonyl (C=O) groups excluding carboxylic acids is 2. The number of tetrazole rings is 1. The van der Waals surface area contributed by atoms with Gasteiger partial charge in [0.2, 0.25) is 5.16 Å². The van der Waals surface area contributed by atoms with Gasteiger partial charge in [-0.15, -0.1) is 5.10 Å². The first kappa shape index (κ1) is 24.0. The van der Waals surface area contributed by atoms with E-state index in [0.717, 1.165) is 44.2 Å². The van der Waals surface area contributed by atoms with E-state index in [-0.39, 0.29) is 22.7 Å². The Balaban J connectivity index is 1.20. The molecule has 1 aromatic heterocycles. The summed E-state index contributed by atoms with van der Waals surface area (Å²) in [7, 11) is 0. The minimum atomic E-state index is -1.32. The second-order valence-electron chi connectivity index (χ2n) is 11.7. The van der Waals surface area contributed by atoms with Gasteiger partial charge in [0.1, 0.15) is 5.60 Å². The SMILES string of the molecule is CC12CCC(=O)C=C1CCC1C2CCC2(C)C1CC[C@]2(O)C(=O)CSc1nnnn1-c1ccccc1. The number of allylic oxidation sites excluding steroid dienone is 1. The molecular formula is C28H34N4O3S. The van der Waals surface area contributed by atoms with Crippen LogP contribution in [0.15, 0.2) is 47.1 Å². The molecule has 4 aliphatic carbocycles. The van der Waals surface area contributed by atoms with Crippen LogP contribution in [0.4, 0.5) is 0 Å². The van der Waals surface area contributed by atoms with Crippen LogP contribution in [0.1, 0.15) is 65.2 Å². The fourth-order valence-electron chi connectivity index (χ4n) is 8.28. The Bertz CT molecular complexity index is 1230.